The second-order valence-corrected chi connectivity index (χ2v) is 5.36. The topological polar surface area (TPSA) is 35.2 Å². The van der Waals surface area contributed by atoms with Crippen LogP contribution in [0.1, 0.15) is 24.9 Å². The van der Waals surface area contributed by atoms with E-state index in [-0.39, 0.29) is 6.04 Å². The third-order valence-electron chi connectivity index (χ3n) is 2.78. The van der Waals surface area contributed by atoms with Gasteiger partial charge in [0.2, 0.25) is 0 Å². The third kappa shape index (κ3) is 3.23. The molecule has 0 radical (unpaired) electrons. The van der Waals surface area contributed by atoms with Crippen molar-refractivity contribution in [2.24, 2.45) is 5.73 Å². The van der Waals surface area contributed by atoms with Crippen molar-refractivity contribution in [3.63, 3.8) is 0 Å². The maximum Gasteiger partial charge on any atom is 0.132 e. The summed E-state index contributed by atoms with van der Waals surface area (Å²) in [5, 5.41) is 0. The second-order valence-electron chi connectivity index (χ2n) is 4.11. The maximum atomic E-state index is 6.10. The van der Waals surface area contributed by atoms with Gasteiger partial charge in [-0.15, -0.1) is 0 Å². The van der Waals surface area contributed by atoms with Gasteiger partial charge in [0.1, 0.15) is 11.5 Å². The van der Waals surface area contributed by atoms with E-state index in [0.717, 1.165) is 27.1 Å². The summed E-state index contributed by atoms with van der Waals surface area (Å²) < 4.78 is 7.08. The summed E-state index contributed by atoms with van der Waals surface area (Å²) in [6.45, 7) is 2.08. The molecule has 2 aromatic carbocycles. The van der Waals surface area contributed by atoms with E-state index in [9.17, 15) is 0 Å². The van der Waals surface area contributed by atoms with Gasteiger partial charge in [0.15, 0.2) is 0 Å². The Hall–Kier alpha value is -1.07. The Morgan fingerprint density at radius 3 is 2.67 bits per heavy atom. The van der Waals surface area contributed by atoms with Crippen LogP contribution in [-0.2, 0) is 0 Å². The number of hydrogen-bond donors (Lipinski definition) is 1. The van der Waals surface area contributed by atoms with E-state index < -0.39 is 0 Å². The highest BCUT2D eigenvalue weighted by molar-refractivity contribution is 14.1. The van der Waals surface area contributed by atoms with Crippen molar-refractivity contribution in [3.8, 4) is 11.5 Å². The fraction of sp³-hybridized carbons (Fsp3) is 0.200. The summed E-state index contributed by atoms with van der Waals surface area (Å²) in [5.41, 5.74) is 7.15. The van der Waals surface area contributed by atoms with Gasteiger partial charge in [-0.1, -0.05) is 31.2 Å². The minimum Gasteiger partial charge on any atom is -0.457 e. The number of para-hydroxylation sites is 1. The van der Waals surface area contributed by atoms with Crippen LogP contribution in [0.15, 0.2) is 48.5 Å². The molecular weight excluding hydrogens is 337 g/mol. The molecule has 0 aliphatic carbocycles. The summed E-state index contributed by atoms with van der Waals surface area (Å²) in [6, 6.07) is 16.0. The number of nitrogens with two attached hydrogens (primary N) is 1. The molecule has 2 rings (SSSR count). The summed E-state index contributed by atoms with van der Waals surface area (Å²) in [5.74, 6) is 1.69. The zero-order valence-electron chi connectivity index (χ0n) is 10.3. The maximum absolute atomic E-state index is 6.10. The standard InChI is InChI=1S/C15H16INO/c1-2-14(17)13-8-3-4-9-15(13)18-12-7-5-6-11(16)10-12/h3-10,14H,2,17H2,1H3/t14-/m1/s1. The predicted molar refractivity (Wildman–Crippen MR) is 82.9 cm³/mol. The smallest absolute Gasteiger partial charge is 0.132 e. The Morgan fingerprint density at radius 1 is 1.17 bits per heavy atom. The fourth-order valence-electron chi connectivity index (χ4n) is 1.76. The van der Waals surface area contributed by atoms with Crippen LogP contribution in [0, 0.1) is 3.57 Å². The van der Waals surface area contributed by atoms with Gasteiger partial charge in [0.25, 0.3) is 0 Å². The first-order valence-electron chi connectivity index (χ1n) is 5.98. The highest BCUT2D eigenvalue weighted by Crippen LogP contribution is 2.30. The highest BCUT2D eigenvalue weighted by atomic mass is 127. The Kier molecular flexibility index (Phi) is 4.60. The molecule has 0 aliphatic heterocycles. The molecule has 0 unspecified atom stereocenters. The zero-order valence-corrected chi connectivity index (χ0v) is 12.4. The minimum absolute atomic E-state index is 0.0176. The fourth-order valence-corrected chi connectivity index (χ4v) is 2.27. The van der Waals surface area contributed by atoms with Crippen molar-refractivity contribution in [1.29, 1.82) is 0 Å². The Labute approximate surface area is 121 Å². The lowest BCUT2D eigenvalue weighted by molar-refractivity contribution is 0.468. The number of hydrogen-bond acceptors (Lipinski definition) is 2. The number of rotatable bonds is 4. The quantitative estimate of drug-likeness (QED) is 0.822. The first-order valence-corrected chi connectivity index (χ1v) is 7.06. The SMILES string of the molecule is CC[C@@H](N)c1ccccc1Oc1cccc(I)c1. The largest absolute Gasteiger partial charge is 0.457 e. The molecule has 0 heterocycles. The molecular formula is C15H16INO. The Morgan fingerprint density at radius 2 is 1.94 bits per heavy atom. The summed E-state index contributed by atoms with van der Waals surface area (Å²) in [4.78, 5) is 0. The molecule has 3 heteroatoms. The molecule has 0 fully saturated rings. The number of ether oxygens (including phenoxy) is 1. The lowest BCUT2D eigenvalue weighted by Gasteiger charge is -2.15. The van der Waals surface area contributed by atoms with Gasteiger partial charge in [-0.05, 0) is 53.3 Å². The molecule has 2 N–H and O–H groups in total. The van der Waals surface area contributed by atoms with E-state index >= 15 is 0 Å². The third-order valence-corrected chi connectivity index (χ3v) is 3.45. The molecule has 2 aromatic rings. The number of halogens is 1. The monoisotopic (exact) mass is 353 g/mol. The molecule has 0 spiro atoms. The van der Waals surface area contributed by atoms with Crippen molar-refractivity contribution in [2.75, 3.05) is 0 Å². The van der Waals surface area contributed by atoms with Gasteiger partial charge < -0.3 is 10.5 Å². The molecule has 0 amide bonds. The molecule has 18 heavy (non-hydrogen) atoms. The average molecular weight is 353 g/mol. The van der Waals surface area contributed by atoms with Crippen LogP contribution in [0.2, 0.25) is 0 Å². The zero-order chi connectivity index (χ0) is 13.0. The van der Waals surface area contributed by atoms with Gasteiger partial charge in [-0.25, -0.2) is 0 Å². The van der Waals surface area contributed by atoms with E-state index in [2.05, 4.69) is 29.5 Å². The van der Waals surface area contributed by atoms with Crippen molar-refractivity contribution in [2.45, 2.75) is 19.4 Å². The van der Waals surface area contributed by atoms with Crippen LogP contribution in [-0.4, -0.2) is 0 Å². The van der Waals surface area contributed by atoms with Crippen LogP contribution >= 0.6 is 22.6 Å². The first kappa shape index (κ1) is 13.4. The van der Waals surface area contributed by atoms with Crippen LogP contribution in [0.3, 0.4) is 0 Å². The van der Waals surface area contributed by atoms with Crippen LogP contribution < -0.4 is 10.5 Å². The summed E-state index contributed by atoms with van der Waals surface area (Å²) >= 11 is 2.27. The van der Waals surface area contributed by atoms with Gasteiger partial charge in [0.05, 0.1) is 0 Å². The van der Waals surface area contributed by atoms with E-state index in [4.69, 9.17) is 10.5 Å². The van der Waals surface area contributed by atoms with Crippen molar-refractivity contribution in [1.82, 2.24) is 0 Å². The van der Waals surface area contributed by atoms with Crippen molar-refractivity contribution < 1.29 is 4.74 Å². The van der Waals surface area contributed by atoms with Crippen molar-refractivity contribution >= 4 is 22.6 Å². The normalized spacial score (nSPS) is 12.2. The first-order chi connectivity index (χ1) is 8.70. The molecule has 0 aromatic heterocycles. The lowest BCUT2D eigenvalue weighted by Crippen LogP contribution is -2.09. The molecule has 0 aliphatic rings. The second kappa shape index (κ2) is 6.20. The van der Waals surface area contributed by atoms with Crippen LogP contribution in [0.5, 0.6) is 11.5 Å². The average Bonchev–Trinajstić information content (AvgIpc) is 2.38. The van der Waals surface area contributed by atoms with E-state index in [1.54, 1.807) is 0 Å². The Bertz CT molecular complexity index is 527. The van der Waals surface area contributed by atoms with Gasteiger partial charge in [0, 0.05) is 15.2 Å². The van der Waals surface area contributed by atoms with Crippen LogP contribution in [0.25, 0.3) is 0 Å². The van der Waals surface area contributed by atoms with E-state index in [1.165, 1.54) is 0 Å². The summed E-state index contributed by atoms with van der Waals surface area (Å²) in [7, 11) is 0. The lowest BCUT2D eigenvalue weighted by atomic mass is 10.0. The molecule has 0 saturated heterocycles. The van der Waals surface area contributed by atoms with Gasteiger partial charge in [-0.2, -0.15) is 0 Å². The van der Waals surface area contributed by atoms with E-state index in [1.807, 2.05) is 48.5 Å². The predicted octanol–water partition coefficient (Wildman–Crippen LogP) is 4.49. The van der Waals surface area contributed by atoms with E-state index in [0.29, 0.717) is 0 Å². The Balaban J connectivity index is 2.29. The molecule has 1 atom stereocenters. The molecule has 0 bridgehead atoms. The molecule has 94 valence electrons. The summed E-state index contributed by atoms with van der Waals surface area (Å²) in [6.07, 6.45) is 0.896. The number of benzene rings is 2. The van der Waals surface area contributed by atoms with Crippen molar-refractivity contribution in [3.05, 3.63) is 57.7 Å². The van der Waals surface area contributed by atoms with Gasteiger partial charge >= 0.3 is 0 Å². The minimum atomic E-state index is 0.0176. The highest BCUT2D eigenvalue weighted by Gasteiger charge is 2.10. The molecule has 2 nitrogen and oxygen atoms in total. The van der Waals surface area contributed by atoms with Gasteiger partial charge in [-0.3, -0.25) is 0 Å². The van der Waals surface area contributed by atoms with Crippen LogP contribution in [0.4, 0.5) is 0 Å². The molecule has 0 saturated carbocycles.